The summed E-state index contributed by atoms with van der Waals surface area (Å²) in [7, 11) is 0. The molecule has 0 spiro atoms. The number of carbonyl (C=O) groups is 3. The number of fused-ring (bicyclic) bond motifs is 1. The van der Waals surface area contributed by atoms with E-state index in [9.17, 15) is 14.4 Å². The molecule has 2 aliphatic heterocycles. The Kier molecular flexibility index (Phi) is 4.71. The van der Waals surface area contributed by atoms with Gasteiger partial charge < -0.3 is 10.6 Å². The maximum absolute atomic E-state index is 12.7. The standard InChI is InChI=1S/C17H27N3O3/c1-11-6-7-19(12(8-11)9-18)15(21)10-20-16(22)13-4-2-3-5-14(13)17(20)23/h11-14H,2-10,18H2,1H3. The maximum atomic E-state index is 12.7. The molecule has 6 nitrogen and oxygen atoms in total. The Bertz CT molecular complexity index is 483. The third kappa shape index (κ3) is 3.01. The van der Waals surface area contributed by atoms with Crippen LogP contribution in [0.3, 0.4) is 0 Å². The number of likely N-dealkylation sites (tertiary alicyclic amines) is 2. The summed E-state index contributed by atoms with van der Waals surface area (Å²) in [5.74, 6) is -0.213. The van der Waals surface area contributed by atoms with Crippen molar-refractivity contribution >= 4 is 17.7 Å². The SMILES string of the molecule is CC1CCN(C(=O)CN2C(=O)C3CCCCC3C2=O)C(CN)C1. The van der Waals surface area contributed by atoms with Gasteiger partial charge in [0.25, 0.3) is 0 Å². The first-order valence-electron chi connectivity index (χ1n) is 8.87. The van der Waals surface area contributed by atoms with Crippen LogP contribution in [0.5, 0.6) is 0 Å². The first kappa shape index (κ1) is 16.4. The van der Waals surface area contributed by atoms with Crippen LogP contribution in [0.2, 0.25) is 0 Å². The van der Waals surface area contributed by atoms with Crippen molar-refractivity contribution in [3.05, 3.63) is 0 Å². The lowest BCUT2D eigenvalue weighted by Gasteiger charge is -2.38. The first-order valence-corrected chi connectivity index (χ1v) is 8.87. The van der Waals surface area contributed by atoms with E-state index in [-0.39, 0.29) is 42.1 Å². The Labute approximate surface area is 137 Å². The van der Waals surface area contributed by atoms with E-state index >= 15 is 0 Å². The van der Waals surface area contributed by atoms with E-state index in [2.05, 4.69) is 6.92 Å². The number of nitrogens with two attached hydrogens (primary N) is 1. The Balaban J connectivity index is 1.67. The molecule has 3 aliphatic rings. The Hall–Kier alpha value is -1.43. The lowest BCUT2D eigenvalue weighted by atomic mass is 9.81. The largest absolute Gasteiger partial charge is 0.337 e. The molecule has 128 valence electrons. The number of piperidine rings is 1. The Morgan fingerprint density at radius 1 is 1.13 bits per heavy atom. The van der Waals surface area contributed by atoms with Gasteiger partial charge in [0.1, 0.15) is 6.54 Å². The molecule has 23 heavy (non-hydrogen) atoms. The maximum Gasteiger partial charge on any atom is 0.243 e. The van der Waals surface area contributed by atoms with Crippen molar-refractivity contribution in [1.82, 2.24) is 9.80 Å². The van der Waals surface area contributed by atoms with Gasteiger partial charge in [-0.3, -0.25) is 19.3 Å². The molecule has 1 aliphatic carbocycles. The first-order chi connectivity index (χ1) is 11.0. The van der Waals surface area contributed by atoms with Gasteiger partial charge in [-0.2, -0.15) is 0 Å². The van der Waals surface area contributed by atoms with Crippen LogP contribution in [0.25, 0.3) is 0 Å². The van der Waals surface area contributed by atoms with Crippen LogP contribution in [0.15, 0.2) is 0 Å². The minimum Gasteiger partial charge on any atom is -0.337 e. The number of carbonyl (C=O) groups excluding carboxylic acids is 3. The second-order valence-electron chi connectivity index (χ2n) is 7.37. The van der Waals surface area contributed by atoms with Crippen molar-refractivity contribution in [2.45, 2.75) is 51.5 Å². The third-order valence-electron chi connectivity index (χ3n) is 5.80. The van der Waals surface area contributed by atoms with Gasteiger partial charge in [0.2, 0.25) is 17.7 Å². The molecule has 4 unspecified atom stereocenters. The highest BCUT2D eigenvalue weighted by molar-refractivity contribution is 6.07. The summed E-state index contributed by atoms with van der Waals surface area (Å²) in [6.07, 6.45) is 5.42. The van der Waals surface area contributed by atoms with Crippen LogP contribution in [0.4, 0.5) is 0 Å². The molecular weight excluding hydrogens is 294 g/mol. The summed E-state index contributed by atoms with van der Waals surface area (Å²) in [4.78, 5) is 40.6. The second-order valence-corrected chi connectivity index (χ2v) is 7.37. The average molecular weight is 321 g/mol. The summed E-state index contributed by atoms with van der Waals surface area (Å²) in [6.45, 7) is 3.17. The molecule has 3 rings (SSSR count). The molecule has 2 heterocycles. The normalized spacial score (nSPS) is 34.7. The predicted octanol–water partition coefficient (Wildman–Crippen LogP) is 0.747. The van der Waals surface area contributed by atoms with E-state index in [1.54, 1.807) is 4.90 Å². The fraction of sp³-hybridized carbons (Fsp3) is 0.824. The molecule has 2 saturated heterocycles. The van der Waals surface area contributed by atoms with Gasteiger partial charge in [0, 0.05) is 19.1 Å². The number of nitrogens with zero attached hydrogens (tertiary/aromatic N) is 2. The molecule has 0 radical (unpaired) electrons. The van der Waals surface area contributed by atoms with E-state index in [4.69, 9.17) is 5.73 Å². The average Bonchev–Trinajstić information content (AvgIpc) is 2.80. The summed E-state index contributed by atoms with van der Waals surface area (Å²) in [5.41, 5.74) is 5.81. The van der Waals surface area contributed by atoms with Crippen molar-refractivity contribution < 1.29 is 14.4 Å². The molecular formula is C17H27N3O3. The van der Waals surface area contributed by atoms with Crippen molar-refractivity contribution in [3.63, 3.8) is 0 Å². The fourth-order valence-corrected chi connectivity index (χ4v) is 4.42. The van der Waals surface area contributed by atoms with Crippen LogP contribution < -0.4 is 5.73 Å². The zero-order valence-electron chi connectivity index (χ0n) is 13.9. The Morgan fingerprint density at radius 3 is 2.30 bits per heavy atom. The topological polar surface area (TPSA) is 83.7 Å². The van der Waals surface area contributed by atoms with Gasteiger partial charge in [0.15, 0.2) is 0 Å². The predicted molar refractivity (Wildman–Crippen MR) is 85.1 cm³/mol. The van der Waals surface area contributed by atoms with Gasteiger partial charge >= 0.3 is 0 Å². The highest BCUT2D eigenvalue weighted by Crippen LogP contribution is 2.38. The minimum absolute atomic E-state index is 0.0290. The lowest BCUT2D eigenvalue weighted by molar-refractivity contribution is -0.148. The molecule has 0 aromatic rings. The minimum atomic E-state index is -0.185. The molecule has 0 aromatic carbocycles. The summed E-state index contributed by atoms with van der Waals surface area (Å²) < 4.78 is 0. The summed E-state index contributed by atoms with van der Waals surface area (Å²) >= 11 is 0. The number of amides is 3. The van der Waals surface area contributed by atoms with Crippen molar-refractivity contribution in [2.75, 3.05) is 19.6 Å². The zero-order chi connectivity index (χ0) is 16.6. The quantitative estimate of drug-likeness (QED) is 0.777. The third-order valence-corrected chi connectivity index (χ3v) is 5.80. The van der Waals surface area contributed by atoms with Gasteiger partial charge in [-0.15, -0.1) is 0 Å². The molecule has 2 N–H and O–H groups in total. The number of rotatable bonds is 3. The molecule has 0 aromatic heterocycles. The van der Waals surface area contributed by atoms with Crippen LogP contribution in [-0.4, -0.2) is 53.2 Å². The molecule has 6 heteroatoms. The van der Waals surface area contributed by atoms with Gasteiger partial charge in [-0.25, -0.2) is 0 Å². The van der Waals surface area contributed by atoms with Crippen LogP contribution in [-0.2, 0) is 14.4 Å². The Morgan fingerprint density at radius 2 is 1.74 bits per heavy atom. The number of imide groups is 1. The van der Waals surface area contributed by atoms with Gasteiger partial charge in [0.05, 0.1) is 11.8 Å². The fourth-order valence-electron chi connectivity index (χ4n) is 4.42. The van der Waals surface area contributed by atoms with E-state index in [1.807, 2.05) is 0 Å². The zero-order valence-corrected chi connectivity index (χ0v) is 13.9. The van der Waals surface area contributed by atoms with Crippen molar-refractivity contribution in [3.8, 4) is 0 Å². The van der Waals surface area contributed by atoms with E-state index in [1.165, 1.54) is 4.90 Å². The molecule has 1 saturated carbocycles. The van der Waals surface area contributed by atoms with E-state index < -0.39 is 0 Å². The van der Waals surface area contributed by atoms with Crippen LogP contribution in [0, 0.1) is 17.8 Å². The number of hydrogen-bond donors (Lipinski definition) is 1. The monoisotopic (exact) mass is 321 g/mol. The van der Waals surface area contributed by atoms with Crippen LogP contribution in [0.1, 0.15) is 45.4 Å². The second kappa shape index (κ2) is 6.59. The molecule has 0 bridgehead atoms. The highest BCUT2D eigenvalue weighted by atomic mass is 16.2. The summed E-state index contributed by atoms with van der Waals surface area (Å²) in [5, 5.41) is 0. The molecule has 3 amide bonds. The van der Waals surface area contributed by atoms with Gasteiger partial charge in [-0.05, 0) is 31.6 Å². The van der Waals surface area contributed by atoms with Crippen molar-refractivity contribution in [2.24, 2.45) is 23.5 Å². The van der Waals surface area contributed by atoms with E-state index in [0.717, 1.165) is 38.5 Å². The molecule has 3 fully saturated rings. The lowest BCUT2D eigenvalue weighted by Crippen LogP contribution is -2.52. The van der Waals surface area contributed by atoms with E-state index in [0.29, 0.717) is 19.0 Å². The summed E-state index contributed by atoms with van der Waals surface area (Å²) in [6, 6.07) is 0.0290. The highest BCUT2D eigenvalue weighted by Gasteiger charge is 2.49. The van der Waals surface area contributed by atoms with Crippen LogP contribution >= 0.6 is 0 Å². The van der Waals surface area contributed by atoms with Gasteiger partial charge in [-0.1, -0.05) is 19.8 Å². The molecule has 4 atom stereocenters. The van der Waals surface area contributed by atoms with Crippen molar-refractivity contribution in [1.29, 1.82) is 0 Å². The smallest absolute Gasteiger partial charge is 0.243 e. The number of hydrogen-bond acceptors (Lipinski definition) is 4.